The zero-order valence-electron chi connectivity index (χ0n) is 15.7. The second-order valence-corrected chi connectivity index (χ2v) is 7.06. The van der Waals surface area contributed by atoms with Crippen molar-refractivity contribution in [3.05, 3.63) is 42.0 Å². The largest absolute Gasteiger partial charge is 0.508 e. The van der Waals surface area contributed by atoms with Gasteiger partial charge in [0.1, 0.15) is 5.75 Å². The number of aliphatic hydroxyl groups is 1. The molecule has 0 saturated carbocycles. The zero-order valence-corrected chi connectivity index (χ0v) is 15.7. The molecule has 0 saturated heterocycles. The average Bonchev–Trinajstić information content (AvgIpc) is 2.57. The van der Waals surface area contributed by atoms with E-state index in [1.165, 1.54) is 12.8 Å². The Morgan fingerprint density at radius 1 is 1.17 bits per heavy atom. The summed E-state index contributed by atoms with van der Waals surface area (Å²) in [6.45, 7) is 6.80. The molecule has 0 radical (unpaired) electrons. The van der Waals surface area contributed by atoms with Crippen LogP contribution in [0.3, 0.4) is 0 Å². The molecule has 3 N–H and O–H groups in total. The number of nitrogens with one attached hydrogen (secondary N) is 1. The van der Waals surface area contributed by atoms with E-state index in [0.717, 1.165) is 30.7 Å². The van der Waals surface area contributed by atoms with Crippen molar-refractivity contribution in [2.75, 3.05) is 7.05 Å². The molecule has 3 nitrogen and oxygen atoms in total. The molecule has 1 aromatic carbocycles. The first-order valence-electron chi connectivity index (χ1n) is 9.26. The molecule has 3 heteroatoms. The SMILES string of the molecule is CC[C@H](C)C[C@@H](C)C=CCC[C@H](O)[C@@H](Cc1ccc(O)cc1)NC. The predicted octanol–water partition coefficient (Wildman–Crippen LogP) is 4.29. The molecule has 1 rings (SSSR count). The van der Waals surface area contributed by atoms with E-state index in [0.29, 0.717) is 5.92 Å². The van der Waals surface area contributed by atoms with Gasteiger partial charge in [0, 0.05) is 6.04 Å². The van der Waals surface area contributed by atoms with Crippen molar-refractivity contribution in [1.82, 2.24) is 5.32 Å². The number of hydrogen-bond acceptors (Lipinski definition) is 3. The van der Waals surface area contributed by atoms with E-state index >= 15 is 0 Å². The molecule has 136 valence electrons. The quantitative estimate of drug-likeness (QED) is 0.529. The molecule has 0 aliphatic heterocycles. The van der Waals surface area contributed by atoms with E-state index in [1.54, 1.807) is 12.1 Å². The minimum atomic E-state index is -0.377. The second kappa shape index (κ2) is 11.3. The third kappa shape index (κ3) is 7.98. The van der Waals surface area contributed by atoms with Crippen LogP contribution in [-0.4, -0.2) is 29.4 Å². The van der Waals surface area contributed by atoms with Crippen LogP contribution in [-0.2, 0) is 6.42 Å². The van der Waals surface area contributed by atoms with Crippen LogP contribution in [0.15, 0.2) is 36.4 Å². The molecule has 0 spiro atoms. The fourth-order valence-corrected chi connectivity index (χ4v) is 2.99. The standard InChI is InChI=1S/C21H35NO2/c1-5-16(2)14-17(3)8-6-7-9-21(24)20(22-4)15-18-10-12-19(23)13-11-18/h6,8,10-13,16-17,20-24H,5,7,9,14-15H2,1-4H3/t16-,17-,20+,21-/m0/s1. The van der Waals surface area contributed by atoms with Gasteiger partial charge in [0.05, 0.1) is 6.10 Å². The summed E-state index contributed by atoms with van der Waals surface area (Å²) < 4.78 is 0. The Kier molecular flexibility index (Phi) is 9.73. The van der Waals surface area contributed by atoms with Gasteiger partial charge in [0.15, 0.2) is 0 Å². The summed E-state index contributed by atoms with van der Waals surface area (Å²) in [6.07, 6.45) is 9.00. The minimum Gasteiger partial charge on any atom is -0.508 e. The van der Waals surface area contributed by atoms with Gasteiger partial charge in [0.2, 0.25) is 0 Å². The van der Waals surface area contributed by atoms with E-state index < -0.39 is 0 Å². The molecule has 1 aromatic rings. The highest BCUT2D eigenvalue weighted by atomic mass is 16.3. The molecule has 0 aromatic heterocycles. The maximum Gasteiger partial charge on any atom is 0.115 e. The summed E-state index contributed by atoms with van der Waals surface area (Å²) in [7, 11) is 1.89. The average molecular weight is 334 g/mol. The van der Waals surface area contributed by atoms with Crippen LogP contribution in [0.4, 0.5) is 0 Å². The van der Waals surface area contributed by atoms with Crippen molar-refractivity contribution in [2.24, 2.45) is 11.8 Å². The number of hydrogen-bond donors (Lipinski definition) is 3. The maximum atomic E-state index is 10.4. The van der Waals surface area contributed by atoms with Gasteiger partial charge >= 0.3 is 0 Å². The van der Waals surface area contributed by atoms with Crippen LogP contribution >= 0.6 is 0 Å². The maximum absolute atomic E-state index is 10.4. The predicted molar refractivity (Wildman–Crippen MR) is 102 cm³/mol. The monoisotopic (exact) mass is 333 g/mol. The van der Waals surface area contributed by atoms with Gasteiger partial charge < -0.3 is 15.5 Å². The summed E-state index contributed by atoms with van der Waals surface area (Å²) in [4.78, 5) is 0. The number of phenolic OH excluding ortho intramolecular Hbond substituents is 1. The fourth-order valence-electron chi connectivity index (χ4n) is 2.99. The molecule has 4 atom stereocenters. The number of rotatable bonds is 11. The number of benzene rings is 1. The summed E-state index contributed by atoms with van der Waals surface area (Å²) in [5.74, 6) is 1.65. The lowest BCUT2D eigenvalue weighted by Gasteiger charge is -2.22. The van der Waals surface area contributed by atoms with Crippen LogP contribution in [0.25, 0.3) is 0 Å². The van der Waals surface area contributed by atoms with Crippen LogP contribution in [0, 0.1) is 11.8 Å². The van der Waals surface area contributed by atoms with Gasteiger partial charge in [-0.1, -0.05) is 51.5 Å². The van der Waals surface area contributed by atoms with Gasteiger partial charge in [-0.05, 0) is 62.3 Å². The number of allylic oxidation sites excluding steroid dienone is 2. The highest BCUT2D eigenvalue weighted by Gasteiger charge is 2.17. The van der Waals surface area contributed by atoms with Crippen molar-refractivity contribution >= 4 is 0 Å². The molecule has 0 fully saturated rings. The molecule has 0 heterocycles. The van der Waals surface area contributed by atoms with E-state index in [4.69, 9.17) is 0 Å². The van der Waals surface area contributed by atoms with E-state index in [-0.39, 0.29) is 17.9 Å². The summed E-state index contributed by atoms with van der Waals surface area (Å²) in [5, 5.41) is 23.0. The molecule has 0 aliphatic rings. The van der Waals surface area contributed by atoms with Crippen LogP contribution in [0.2, 0.25) is 0 Å². The molecule has 0 bridgehead atoms. The fraction of sp³-hybridized carbons (Fsp3) is 0.619. The van der Waals surface area contributed by atoms with Crippen molar-refractivity contribution < 1.29 is 10.2 Å². The van der Waals surface area contributed by atoms with Crippen LogP contribution in [0.5, 0.6) is 5.75 Å². The van der Waals surface area contributed by atoms with Crippen molar-refractivity contribution in [1.29, 1.82) is 0 Å². The van der Waals surface area contributed by atoms with Gasteiger partial charge in [-0.25, -0.2) is 0 Å². The van der Waals surface area contributed by atoms with Gasteiger partial charge in [-0.3, -0.25) is 0 Å². The van der Waals surface area contributed by atoms with E-state index in [1.807, 2.05) is 19.2 Å². The molecule has 0 amide bonds. The lowest BCUT2D eigenvalue weighted by atomic mass is 9.94. The van der Waals surface area contributed by atoms with E-state index in [2.05, 4.69) is 38.2 Å². The summed E-state index contributed by atoms with van der Waals surface area (Å²) in [6, 6.07) is 7.22. The Bertz CT molecular complexity index is 469. The Morgan fingerprint density at radius 2 is 1.83 bits per heavy atom. The van der Waals surface area contributed by atoms with Crippen molar-refractivity contribution in [3.8, 4) is 5.75 Å². The second-order valence-electron chi connectivity index (χ2n) is 7.06. The highest BCUT2D eigenvalue weighted by Crippen LogP contribution is 2.17. The number of likely N-dealkylation sites (N-methyl/N-ethyl adjacent to an activating group) is 1. The highest BCUT2D eigenvalue weighted by molar-refractivity contribution is 5.26. The topological polar surface area (TPSA) is 52.5 Å². The zero-order chi connectivity index (χ0) is 17.9. The normalized spacial score (nSPS) is 16.9. The third-order valence-electron chi connectivity index (χ3n) is 4.79. The molecule has 24 heavy (non-hydrogen) atoms. The van der Waals surface area contributed by atoms with Gasteiger partial charge in [-0.15, -0.1) is 0 Å². The third-order valence-corrected chi connectivity index (χ3v) is 4.79. The van der Waals surface area contributed by atoms with Crippen LogP contribution < -0.4 is 5.32 Å². The first kappa shape index (κ1) is 20.7. The van der Waals surface area contributed by atoms with Crippen LogP contribution in [0.1, 0.15) is 52.0 Å². The van der Waals surface area contributed by atoms with Gasteiger partial charge in [0.25, 0.3) is 0 Å². The van der Waals surface area contributed by atoms with E-state index in [9.17, 15) is 10.2 Å². The Balaban J connectivity index is 2.38. The molecular formula is C21H35NO2. The Hall–Kier alpha value is -1.32. The summed E-state index contributed by atoms with van der Waals surface area (Å²) >= 11 is 0. The van der Waals surface area contributed by atoms with Gasteiger partial charge in [-0.2, -0.15) is 0 Å². The lowest BCUT2D eigenvalue weighted by molar-refractivity contribution is 0.122. The number of phenols is 1. The first-order valence-corrected chi connectivity index (χ1v) is 9.26. The first-order chi connectivity index (χ1) is 11.5. The Labute approximate surface area is 147 Å². The smallest absolute Gasteiger partial charge is 0.115 e. The van der Waals surface area contributed by atoms with Crippen molar-refractivity contribution in [3.63, 3.8) is 0 Å². The molecule has 0 aliphatic carbocycles. The molecule has 0 unspecified atom stereocenters. The number of aromatic hydroxyl groups is 1. The molecular weight excluding hydrogens is 298 g/mol. The van der Waals surface area contributed by atoms with Crippen molar-refractivity contribution in [2.45, 2.75) is 65.0 Å². The number of aliphatic hydroxyl groups excluding tert-OH is 1. The minimum absolute atomic E-state index is 0.0282. The lowest BCUT2D eigenvalue weighted by Crippen LogP contribution is -2.39. The summed E-state index contributed by atoms with van der Waals surface area (Å²) in [5.41, 5.74) is 1.11. The Morgan fingerprint density at radius 3 is 2.42 bits per heavy atom.